The molecule has 3 amide bonds. The third-order valence-electron chi connectivity index (χ3n) is 4.48. The molecule has 1 atom stereocenters. The number of nitrogens with two attached hydrogens (primary N) is 1. The first kappa shape index (κ1) is 20.6. The van der Waals surface area contributed by atoms with Gasteiger partial charge in [-0.25, -0.2) is 4.79 Å². The summed E-state index contributed by atoms with van der Waals surface area (Å²) in [5.74, 6) is -0.356. The average molecular weight is 409 g/mol. The zero-order valence-corrected chi connectivity index (χ0v) is 16.6. The lowest BCUT2D eigenvalue weighted by atomic mass is 9.99. The van der Waals surface area contributed by atoms with E-state index in [-0.39, 0.29) is 18.5 Å². The number of amides is 3. The van der Waals surface area contributed by atoms with Gasteiger partial charge in [0.2, 0.25) is 0 Å². The molecule has 0 saturated heterocycles. The first-order valence-corrected chi connectivity index (χ1v) is 9.75. The van der Waals surface area contributed by atoms with Crippen molar-refractivity contribution >= 4 is 23.5 Å². The van der Waals surface area contributed by atoms with Crippen LogP contribution in [-0.2, 0) is 11.3 Å². The van der Waals surface area contributed by atoms with Crippen molar-refractivity contribution in [3.05, 3.63) is 107 Å². The number of hydrogen-bond donors (Lipinski definition) is 3. The molecule has 0 saturated carbocycles. The molecular weight excluding hydrogens is 386 g/mol. The molecule has 0 heterocycles. The number of imide groups is 1. The Morgan fingerprint density at radius 1 is 0.828 bits per heavy atom. The number of nitrogens with one attached hydrogen (secondary N) is 2. The molecule has 0 aliphatic heterocycles. The Hall–Kier alpha value is -3.15. The third kappa shape index (κ3) is 6.45. The lowest BCUT2D eigenvalue weighted by molar-refractivity contribution is -0.676. The van der Waals surface area contributed by atoms with Gasteiger partial charge in [-0.3, -0.25) is 10.1 Å². The molecule has 6 heteroatoms. The number of benzene rings is 3. The highest BCUT2D eigenvalue weighted by Crippen LogP contribution is 2.20. The number of hydrogen-bond acceptors (Lipinski definition) is 2. The molecule has 3 rings (SSSR count). The van der Waals surface area contributed by atoms with Gasteiger partial charge in [-0.15, -0.1) is 0 Å². The van der Waals surface area contributed by atoms with Crippen molar-refractivity contribution in [3.63, 3.8) is 0 Å². The molecule has 0 spiro atoms. The maximum Gasteiger partial charge on any atom is 0.321 e. The lowest BCUT2D eigenvalue weighted by Crippen LogP contribution is -2.88. The molecule has 0 aliphatic rings. The van der Waals surface area contributed by atoms with Gasteiger partial charge in [-0.1, -0.05) is 84.4 Å². The predicted octanol–water partition coefficient (Wildman–Crippen LogP) is 3.02. The minimum Gasteiger partial charge on any atom is -0.334 e. The van der Waals surface area contributed by atoms with E-state index in [1.54, 1.807) is 0 Å². The fourth-order valence-electron chi connectivity index (χ4n) is 3.02. The van der Waals surface area contributed by atoms with Crippen LogP contribution in [0.5, 0.6) is 0 Å². The van der Waals surface area contributed by atoms with Crippen LogP contribution in [-0.4, -0.2) is 18.5 Å². The highest BCUT2D eigenvalue weighted by Gasteiger charge is 2.19. The molecule has 0 radical (unpaired) electrons. The van der Waals surface area contributed by atoms with E-state index in [0.29, 0.717) is 11.6 Å². The zero-order chi connectivity index (χ0) is 20.5. The predicted molar refractivity (Wildman–Crippen MR) is 113 cm³/mol. The quantitative estimate of drug-likeness (QED) is 0.562. The fraction of sp³-hybridized carbons (Fsp3) is 0.130. The summed E-state index contributed by atoms with van der Waals surface area (Å²) < 4.78 is 0. The Balaban J connectivity index is 1.56. The van der Waals surface area contributed by atoms with E-state index in [0.717, 1.165) is 16.7 Å². The Morgan fingerprint density at radius 3 is 2.07 bits per heavy atom. The summed E-state index contributed by atoms with van der Waals surface area (Å²) in [6, 6.07) is 26.4. The minimum atomic E-state index is -0.505. The SMILES string of the molecule is O=C(C[NH2+][C@H](c1ccccc1)c1ccc(Cl)cc1)NC(=O)NCc1ccccc1. The highest BCUT2D eigenvalue weighted by atomic mass is 35.5. The number of urea groups is 1. The van der Waals surface area contributed by atoms with Gasteiger partial charge in [0.1, 0.15) is 6.04 Å². The van der Waals surface area contributed by atoms with Crippen molar-refractivity contribution < 1.29 is 14.9 Å². The van der Waals surface area contributed by atoms with Crippen molar-refractivity contribution in [1.82, 2.24) is 10.6 Å². The summed E-state index contributed by atoms with van der Waals surface area (Å²) in [5, 5.41) is 7.63. The first-order chi connectivity index (χ1) is 14.1. The van der Waals surface area contributed by atoms with Crippen molar-refractivity contribution in [1.29, 1.82) is 0 Å². The van der Waals surface area contributed by atoms with Crippen molar-refractivity contribution in [3.8, 4) is 0 Å². The smallest absolute Gasteiger partial charge is 0.321 e. The standard InChI is InChI=1S/C23H22ClN3O2/c24-20-13-11-19(12-14-20)22(18-9-5-2-6-10-18)25-16-21(28)27-23(29)26-15-17-7-3-1-4-8-17/h1-14,22,25H,15-16H2,(H2,26,27,28,29)/p+1/t22-/m1/s1. The van der Waals surface area contributed by atoms with Gasteiger partial charge < -0.3 is 10.6 Å². The number of carbonyl (C=O) groups is 2. The largest absolute Gasteiger partial charge is 0.334 e. The number of halogens is 1. The first-order valence-electron chi connectivity index (χ1n) is 9.37. The summed E-state index contributed by atoms with van der Waals surface area (Å²) in [4.78, 5) is 24.2. The van der Waals surface area contributed by atoms with Crippen LogP contribution in [0.25, 0.3) is 0 Å². The molecule has 0 aliphatic carbocycles. The van der Waals surface area contributed by atoms with E-state index in [9.17, 15) is 9.59 Å². The number of quaternary nitrogens is 1. The molecular formula is C23H23ClN3O2+. The van der Waals surface area contributed by atoms with Crippen LogP contribution in [0.1, 0.15) is 22.7 Å². The zero-order valence-electron chi connectivity index (χ0n) is 15.8. The van der Waals surface area contributed by atoms with E-state index in [4.69, 9.17) is 11.6 Å². The molecule has 0 fully saturated rings. The third-order valence-corrected chi connectivity index (χ3v) is 4.73. The van der Waals surface area contributed by atoms with Gasteiger partial charge in [0.15, 0.2) is 6.54 Å². The van der Waals surface area contributed by atoms with Crippen LogP contribution >= 0.6 is 11.6 Å². The minimum absolute atomic E-state index is 0.0772. The second kappa shape index (κ2) is 10.4. The summed E-state index contributed by atoms with van der Waals surface area (Å²) >= 11 is 6.00. The molecule has 0 bridgehead atoms. The second-order valence-electron chi connectivity index (χ2n) is 6.60. The molecule has 148 valence electrons. The van der Waals surface area contributed by atoms with Gasteiger partial charge in [-0.2, -0.15) is 0 Å². The Labute approximate surface area is 175 Å². The van der Waals surface area contributed by atoms with Gasteiger partial charge in [0, 0.05) is 22.7 Å². The molecule has 4 N–H and O–H groups in total. The summed E-state index contributed by atoms with van der Waals surface area (Å²) in [6.07, 6.45) is 0. The van der Waals surface area contributed by atoms with Crippen LogP contribution in [0.3, 0.4) is 0 Å². The summed E-state index contributed by atoms with van der Waals surface area (Å²) in [5.41, 5.74) is 3.06. The van der Waals surface area contributed by atoms with E-state index in [2.05, 4.69) is 10.6 Å². The summed E-state index contributed by atoms with van der Waals surface area (Å²) in [6.45, 7) is 0.474. The van der Waals surface area contributed by atoms with E-state index >= 15 is 0 Å². The Kier molecular flexibility index (Phi) is 7.39. The molecule has 0 unspecified atom stereocenters. The van der Waals surface area contributed by atoms with Gasteiger partial charge in [0.05, 0.1) is 0 Å². The van der Waals surface area contributed by atoms with E-state index < -0.39 is 6.03 Å². The topological polar surface area (TPSA) is 74.8 Å². The van der Waals surface area contributed by atoms with Crippen LogP contribution in [0.2, 0.25) is 5.02 Å². The second-order valence-corrected chi connectivity index (χ2v) is 7.03. The Bertz CT molecular complexity index is 931. The van der Waals surface area contributed by atoms with Crippen LogP contribution in [0.15, 0.2) is 84.9 Å². The van der Waals surface area contributed by atoms with E-state index in [1.165, 1.54) is 0 Å². The number of carbonyl (C=O) groups excluding carboxylic acids is 2. The molecule has 29 heavy (non-hydrogen) atoms. The highest BCUT2D eigenvalue weighted by molar-refractivity contribution is 6.30. The molecule has 5 nitrogen and oxygen atoms in total. The van der Waals surface area contributed by atoms with Gasteiger partial charge >= 0.3 is 6.03 Å². The van der Waals surface area contributed by atoms with Crippen molar-refractivity contribution in [2.45, 2.75) is 12.6 Å². The van der Waals surface area contributed by atoms with Gasteiger partial charge in [0.25, 0.3) is 5.91 Å². The van der Waals surface area contributed by atoms with Gasteiger partial charge in [-0.05, 0) is 17.7 Å². The van der Waals surface area contributed by atoms with Crippen molar-refractivity contribution in [2.24, 2.45) is 0 Å². The average Bonchev–Trinajstić information content (AvgIpc) is 2.75. The molecule has 3 aromatic rings. The van der Waals surface area contributed by atoms with Crippen LogP contribution in [0, 0.1) is 0 Å². The van der Waals surface area contributed by atoms with Crippen LogP contribution in [0.4, 0.5) is 4.79 Å². The fourth-order valence-corrected chi connectivity index (χ4v) is 3.15. The van der Waals surface area contributed by atoms with Crippen LogP contribution < -0.4 is 16.0 Å². The number of rotatable bonds is 7. The summed E-state index contributed by atoms with van der Waals surface area (Å²) in [7, 11) is 0. The Morgan fingerprint density at radius 2 is 1.41 bits per heavy atom. The molecule has 0 aromatic heterocycles. The molecule has 3 aromatic carbocycles. The maximum absolute atomic E-state index is 12.3. The maximum atomic E-state index is 12.3. The lowest BCUT2D eigenvalue weighted by Gasteiger charge is -2.16. The van der Waals surface area contributed by atoms with E-state index in [1.807, 2.05) is 90.2 Å². The monoisotopic (exact) mass is 408 g/mol. The van der Waals surface area contributed by atoms with Crippen molar-refractivity contribution in [2.75, 3.05) is 6.54 Å². The normalized spacial score (nSPS) is 11.5.